The number of aromatic hydroxyl groups is 1. The summed E-state index contributed by atoms with van der Waals surface area (Å²) in [7, 11) is 0. The van der Waals surface area contributed by atoms with Crippen LogP contribution in [0.3, 0.4) is 0 Å². The molecule has 4 aromatic rings. The highest BCUT2D eigenvalue weighted by atomic mass is 32.2. The van der Waals surface area contributed by atoms with Crippen molar-refractivity contribution >= 4 is 34.4 Å². The fourth-order valence-electron chi connectivity index (χ4n) is 3.06. The third-order valence-corrected chi connectivity index (χ3v) is 5.18. The molecule has 2 heterocycles. The molecule has 0 unspecified atom stereocenters. The standard InChI is InChI=1S/C22H17N3O2S/c1-28-19-11-5-4-10-18(19)24-14-17-15-8-2-3-9-16(15)21(26)25(22(17)27)20-12-6-7-13-23-20/h2-14,27H,1H3. The highest BCUT2D eigenvalue weighted by Gasteiger charge is 2.16. The van der Waals surface area contributed by atoms with Crippen LogP contribution in [0.2, 0.25) is 0 Å². The van der Waals surface area contributed by atoms with E-state index in [1.807, 2.05) is 36.6 Å². The number of hydrogen-bond acceptors (Lipinski definition) is 5. The Morgan fingerprint density at radius 3 is 2.46 bits per heavy atom. The molecule has 1 N–H and O–H groups in total. The summed E-state index contributed by atoms with van der Waals surface area (Å²) in [4.78, 5) is 22.8. The third kappa shape index (κ3) is 3.18. The summed E-state index contributed by atoms with van der Waals surface area (Å²) in [5.74, 6) is 0.169. The first-order chi connectivity index (χ1) is 13.7. The van der Waals surface area contributed by atoms with Gasteiger partial charge in [0.2, 0.25) is 5.88 Å². The number of nitrogens with zero attached hydrogens (tertiary/aromatic N) is 3. The Labute approximate surface area is 166 Å². The molecule has 0 radical (unpaired) electrons. The first-order valence-electron chi connectivity index (χ1n) is 8.66. The van der Waals surface area contributed by atoms with E-state index in [0.29, 0.717) is 22.2 Å². The SMILES string of the molecule is CSc1ccccc1N=Cc1c(O)n(-c2ccccn2)c(=O)c2ccccc12. The first kappa shape index (κ1) is 18.0. The minimum Gasteiger partial charge on any atom is -0.494 e. The van der Waals surface area contributed by atoms with Gasteiger partial charge in [-0.3, -0.25) is 9.79 Å². The molecule has 4 rings (SSSR count). The number of pyridine rings is 2. The predicted octanol–water partition coefficient (Wildman–Crippen LogP) is 4.56. The van der Waals surface area contributed by atoms with Gasteiger partial charge in [0.1, 0.15) is 5.82 Å². The molecular formula is C22H17N3O2S. The molecule has 28 heavy (non-hydrogen) atoms. The molecule has 0 amide bonds. The average molecular weight is 387 g/mol. The quantitative estimate of drug-likeness (QED) is 0.412. The van der Waals surface area contributed by atoms with E-state index in [4.69, 9.17) is 0 Å². The maximum atomic E-state index is 13.0. The van der Waals surface area contributed by atoms with Crippen LogP contribution in [0, 0.1) is 0 Å². The highest BCUT2D eigenvalue weighted by Crippen LogP contribution is 2.29. The van der Waals surface area contributed by atoms with Crippen molar-refractivity contribution in [2.45, 2.75) is 4.90 Å². The van der Waals surface area contributed by atoms with Crippen LogP contribution in [-0.2, 0) is 0 Å². The van der Waals surface area contributed by atoms with Gasteiger partial charge in [-0.05, 0) is 36.6 Å². The van der Waals surface area contributed by atoms with Crippen LogP contribution in [-0.4, -0.2) is 27.1 Å². The molecular weight excluding hydrogens is 370 g/mol. The van der Waals surface area contributed by atoms with Gasteiger partial charge in [0.25, 0.3) is 5.56 Å². The van der Waals surface area contributed by atoms with Crippen molar-refractivity contribution < 1.29 is 5.11 Å². The van der Waals surface area contributed by atoms with Crippen molar-refractivity contribution in [2.24, 2.45) is 4.99 Å². The lowest BCUT2D eigenvalue weighted by atomic mass is 10.1. The van der Waals surface area contributed by atoms with Crippen LogP contribution in [0.25, 0.3) is 16.6 Å². The summed E-state index contributed by atoms with van der Waals surface area (Å²) in [6, 6.07) is 20.2. The van der Waals surface area contributed by atoms with Crippen LogP contribution in [0.5, 0.6) is 5.88 Å². The van der Waals surface area contributed by atoms with Gasteiger partial charge in [0.15, 0.2) is 0 Å². The molecule has 0 atom stereocenters. The van der Waals surface area contributed by atoms with Gasteiger partial charge in [-0.25, -0.2) is 9.55 Å². The number of fused-ring (bicyclic) bond motifs is 1. The second kappa shape index (κ2) is 7.70. The van der Waals surface area contributed by atoms with E-state index < -0.39 is 0 Å². The summed E-state index contributed by atoms with van der Waals surface area (Å²) in [6.07, 6.45) is 5.17. The van der Waals surface area contributed by atoms with Crippen molar-refractivity contribution in [3.8, 4) is 11.7 Å². The van der Waals surface area contributed by atoms with Gasteiger partial charge < -0.3 is 5.11 Å². The lowest BCUT2D eigenvalue weighted by Gasteiger charge is -2.12. The van der Waals surface area contributed by atoms with Crippen molar-refractivity contribution in [3.05, 3.63) is 88.8 Å². The second-order valence-corrected chi connectivity index (χ2v) is 6.89. The summed E-state index contributed by atoms with van der Waals surface area (Å²) >= 11 is 1.60. The van der Waals surface area contributed by atoms with Crippen LogP contribution < -0.4 is 5.56 Å². The molecule has 0 saturated carbocycles. The number of hydrogen-bond donors (Lipinski definition) is 1. The van der Waals surface area contributed by atoms with E-state index in [9.17, 15) is 9.90 Å². The minimum atomic E-state index is -0.325. The van der Waals surface area contributed by atoms with Crippen molar-refractivity contribution in [2.75, 3.05) is 6.26 Å². The zero-order valence-electron chi connectivity index (χ0n) is 15.1. The normalized spacial score (nSPS) is 11.3. The number of aromatic nitrogens is 2. The van der Waals surface area contributed by atoms with Gasteiger partial charge in [0.05, 0.1) is 11.3 Å². The van der Waals surface area contributed by atoms with E-state index in [2.05, 4.69) is 9.98 Å². The van der Waals surface area contributed by atoms with E-state index in [1.54, 1.807) is 60.6 Å². The van der Waals surface area contributed by atoms with E-state index in [0.717, 1.165) is 10.6 Å². The van der Waals surface area contributed by atoms with E-state index >= 15 is 0 Å². The summed E-state index contributed by atoms with van der Waals surface area (Å²) in [6.45, 7) is 0. The molecule has 0 aliphatic heterocycles. The lowest BCUT2D eigenvalue weighted by molar-refractivity contribution is 0.435. The van der Waals surface area contributed by atoms with Crippen molar-refractivity contribution in [1.82, 2.24) is 9.55 Å². The smallest absolute Gasteiger partial charge is 0.267 e. The molecule has 2 aromatic carbocycles. The lowest BCUT2D eigenvalue weighted by Crippen LogP contribution is -2.20. The van der Waals surface area contributed by atoms with Crippen LogP contribution >= 0.6 is 11.8 Å². The molecule has 0 saturated heterocycles. The monoisotopic (exact) mass is 387 g/mol. The molecule has 0 bridgehead atoms. The number of benzene rings is 2. The molecule has 0 spiro atoms. The van der Waals surface area contributed by atoms with Crippen LogP contribution in [0.4, 0.5) is 5.69 Å². The van der Waals surface area contributed by atoms with Gasteiger partial charge >= 0.3 is 0 Å². The minimum absolute atomic E-state index is 0.187. The Balaban J connectivity index is 1.98. The van der Waals surface area contributed by atoms with E-state index in [-0.39, 0.29) is 11.4 Å². The first-order valence-corrected chi connectivity index (χ1v) is 9.88. The predicted molar refractivity (Wildman–Crippen MR) is 114 cm³/mol. The molecule has 0 aliphatic carbocycles. The van der Waals surface area contributed by atoms with Gasteiger partial charge in [-0.1, -0.05) is 36.4 Å². The Hall–Kier alpha value is -3.38. The maximum Gasteiger partial charge on any atom is 0.267 e. The molecule has 2 aromatic heterocycles. The Morgan fingerprint density at radius 2 is 1.71 bits per heavy atom. The Morgan fingerprint density at radius 1 is 1.00 bits per heavy atom. The van der Waals surface area contributed by atoms with E-state index in [1.165, 1.54) is 4.57 Å². The summed E-state index contributed by atoms with van der Waals surface area (Å²) in [5.41, 5.74) is 0.944. The van der Waals surface area contributed by atoms with Crippen LogP contribution in [0.1, 0.15) is 5.56 Å². The number of aliphatic imine (C=N–C) groups is 1. The largest absolute Gasteiger partial charge is 0.494 e. The molecule has 6 heteroatoms. The fraction of sp³-hybridized carbons (Fsp3) is 0.0455. The fourth-order valence-corrected chi connectivity index (χ4v) is 3.60. The van der Waals surface area contributed by atoms with Gasteiger partial charge in [-0.15, -0.1) is 11.8 Å². The zero-order valence-corrected chi connectivity index (χ0v) is 15.9. The Kier molecular flexibility index (Phi) is 4.95. The average Bonchev–Trinajstić information content (AvgIpc) is 2.75. The third-order valence-electron chi connectivity index (χ3n) is 4.40. The second-order valence-electron chi connectivity index (χ2n) is 6.04. The number of thioether (sulfide) groups is 1. The zero-order chi connectivity index (χ0) is 19.5. The van der Waals surface area contributed by atoms with Gasteiger partial charge in [0, 0.05) is 28.1 Å². The molecule has 5 nitrogen and oxygen atoms in total. The number of rotatable bonds is 4. The summed E-state index contributed by atoms with van der Waals surface area (Å²) < 4.78 is 1.21. The van der Waals surface area contributed by atoms with Crippen LogP contribution in [0.15, 0.2) is 87.6 Å². The Bertz CT molecular complexity index is 1230. The number of para-hydroxylation sites is 1. The van der Waals surface area contributed by atoms with Gasteiger partial charge in [-0.2, -0.15) is 0 Å². The molecule has 0 aliphatic rings. The maximum absolute atomic E-state index is 13.0. The topological polar surface area (TPSA) is 67.5 Å². The van der Waals surface area contributed by atoms with Crippen molar-refractivity contribution in [1.29, 1.82) is 0 Å². The molecule has 138 valence electrons. The highest BCUT2D eigenvalue weighted by molar-refractivity contribution is 7.98. The molecule has 0 fully saturated rings. The summed E-state index contributed by atoms with van der Waals surface area (Å²) in [5, 5.41) is 12.1. The van der Waals surface area contributed by atoms with Crippen molar-refractivity contribution in [3.63, 3.8) is 0 Å².